The minimum atomic E-state index is -6.24. The van der Waals surface area contributed by atoms with E-state index in [0.717, 1.165) is 12.3 Å². The molecule has 3 nitrogen and oxygen atoms in total. The molecule has 1 aromatic heterocycles. The summed E-state index contributed by atoms with van der Waals surface area (Å²) < 4.78 is 101. The van der Waals surface area contributed by atoms with Crippen LogP contribution < -0.4 is 5.73 Å². The summed E-state index contributed by atoms with van der Waals surface area (Å²) in [4.78, 5) is 0. The van der Waals surface area contributed by atoms with E-state index in [0.29, 0.717) is 0 Å². The van der Waals surface area contributed by atoms with Crippen LogP contribution in [0.25, 0.3) is 0 Å². The Morgan fingerprint density at radius 1 is 1.16 bits per heavy atom. The predicted molar refractivity (Wildman–Crippen MR) is 47.5 cm³/mol. The van der Waals surface area contributed by atoms with Crippen molar-refractivity contribution in [3.63, 3.8) is 0 Å². The zero-order chi connectivity index (χ0) is 15.1. The zero-order valence-corrected chi connectivity index (χ0v) is 8.93. The molecule has 1 rings (SSSR count). The van der Waals surface area contributed by atoms with Crippen molar-refractivity contribution in [2.75, 3.05) is 5.73 Å². The quantitative estimate of drug-likeness (QED) is 0.849. The molecular formula is C8H7F8N3. The van der Waals surface area contributed by atoms with Crippen molar-refractivity contribution >= 4 is 5.82 Å². The normalized spacial score (nSPS) is 14.2. The summed E-state index contributed by atoms with van der Waals surface area (Å²) in [5.41, 5.74) is 5.01. The van der Waals surface area contributed by atoms with Gasteiger partial charge in [-0.3, -0.25) is 4.68 Å². The van der Waals surface area contributed by atoms with E-state index in [1.165, 1.54) is 0 Å². The van der Waals surface area contributed by atoms with E-state index in [2.05, 4.69) is 5.10 Å². The molecule has 0 atom stereocenters. The molecule has 0 unspecified atom stereocenters. The Kier molecular flexibility index (Phi) is 3.70. The Morgan fingerprint density at radius 2 is 1.68 bits per heavy atom. The maximum Gasteiger partial charge on any atom is 0.379 e. The molecule has 0 amide bonds. The Labute approximate surface area is 101 Å². The summed E-state index contributed by atoms with van der Waals surface area (Å²) in [5, 5.41) is 3.09. The molecule has 1 heterocycles. The SMILES string of the molecule is Nc1ccn(CC(F)(F)C(F)(F)C(F)(F)C(F)F)n1. The van der Waals surface area contributed by atoms with Crippen molar-refractivity contribution < 1.29 is 35.1 Å². The van der Waals surface area contributed by atoms with Crippen molar-refractivity contribution in [1.82, 2.24) is 9.78 Å². The van der Waals surface area contributed by atoms with Crippen molar-refractivity contribution in [2.24, 2.45) is 0 Å². The molecular weight excluding hydrogens is 290 g/mol. The van der Waals surface area contributed by atoms with Gasteiger partial charge in [0, 0.05) is 6.20 Å². The highest BCUT2D eigenvalue weighted by Gasteiger charge is 2.75. The highest BCUT2D eigenvalue weighted by Crippen LogP contribution is 2.49. The molecule has 0 bridgehead atoms. The van der Waals surface area contributed by atoms with Crippen molar-refractivity contribution in [3.05, 3.63) is 12.3 Å². The number of hydrogen-bond donors (Lipinski definition) is 1. The van der Waals surface area contributed by atoms with Crippen molar-refractivity contribution in [1.29, 1.82) is 0 Å². The van der Waals surface area contributed by atoms with Crippen LogP contribution in [0.5, 0.6) is 0 Å². The van der Waals surface area contributed by atoms with Crippen molar-refractivity contribution in [2.45, 2.75) is 30.7 Å². The molecule has 0 saturated heterocycles. The molecule has 0 spiro atoms. The van der Waals surface area contributed by atoms with Gasteiger partial charge in [-0.05, 0) is 6.07 Å². The smallest absolute Gasteiger partial charge is 0.379 e. The maximum atomic E-state index is 13.1. The lowest BCUT2D eigenvalue weighted by molar-refractivity contribution is -0.341. The average molecular weight is 297 g/mol. The molecule has 0 aliphatic rings. The van der Waals surface area contributed by atoms with Crippen LogP contribution in [0.4, 0.5) is 40.9 Å². The number of aromatic nitrogens is 2. The van der Waals surface area contributed by atoms with Gasteiger partial charge in [0.25, 0.3) is 0 Å². The lowest BCUT2D eigenvalue weighted by Gasteiger charge is -2.32. The second kappa shape index (κ2) is 4.53. The molecule has 0 radical (unpaired) electrons. The zero-order valence-electron chi connectivity index (χ0n) is 8.93. The highest BCUT2D eigenvalue weighted by atomic mass is 19.4. The fraction of sp³-hybridized carbons (Fsp3) is 0.625. The van der Waals surface area contributed by atoms with E-state index in [-0.39, 0.29) is 10.5 Å². The number of halogens is 8. The van der Waals surface area contributed by atoms with Crippen LogP contribution in [-0.2, 0) is 6.54 Å². The fourth-order valence-electron chi connectivity index (χ4n) is 1.15. The number of rotatable bonds is 5. The van der Waals surface area contributed by atoms with Gasteiger partial charge < -0.3 is 5.73 Å². The number of nitrogen functional groups attached to an aromatic ring is 1. The molecule has 0 aromatic carbocycles. The van der Waals surface area contributed by atoms with E-state index in [1.807, 2.05) is 0 Å². The van der Waals surface area contributed by atoms with Crippen LogP contribution in [0.2, 0.25) is 0 Å². The first-order valence-corrected chi connectivity index (χ1v) is 4.62. The third kappa shape index (κ3) is 2.59. The van der Waals surface area contributed by atoms with Crippen LogP contribution in [0.15, 0.2) is 12.3 Å². The third-order valence-corrected chi connectivity index (χ3v) is 2.17. The number of nitrogens with two attached hydrogens (primary N) is 1. The Balaban J connectivity index is 3.04. The molecule has 0 aliphatic carbocycles. The highest BCUT2D eigenvalue weighted by molar-refractivity contribution is 5.23. The Hall–Kier alpha value is -1.55. The maximum absolute atomic E-state index is 13.1. The standard InChI is InChI=1S/C8H7F8N3/c9-5(10)7(13,14)8(15,16)6(11,12)3-19-2-1-4(17)18-19/h1-2,5H,3H2,(H2,17,18). The van der Waals surface area contributed by atoms with Crippen LogP contribution in [0.3, 0.4) is 0 Å². The molecule has 0 saturated carbocycles. The summed E-state index contributed by atoms with van der Waals surface area (Å²) in [6.07, 6.45) is -4.21. The van der Waals surface area contributed by atoms with E-state index in [4.69, 9.17) is 5.73 Å². The second-order valence-corrected chi connectivity index (χ2v) is 3.64. The number of hydrogen-bond acceptors (Lipinski definition) is 2. The summed E-state index contributed by atoms with van der Waals surface area (Å²) in [5.74, 6) is -18.2. The van der Waals surface area contributed by atoms with Crippen LogP contribution in [0.1, 0.15) is 0 Å². The molecule has 11 heteroatoms. The van der Waals surface area contributed by atoms with E-state index < -0.39 is 30.7 Å². The molecule has 0 fully saturated rings. The largest absolute Gasteiger partial charge is 0.382 e. The Bertz CT molecular complexity index is 441. The predicted octanol–water partition coefficient (Wildman–Crippen LogP) is 2.64. The topological polar surface area (TPSA) is 43.8 Å². The van der Waals surface area contributed by atoms with Gasteiger partial charge in [-0.15, -0.1) is 0 Å². The molecule has 2 N–H and O–H groups in total. The van der Waals surface area contributed by atoms with Gasteiger partial charge in [-0.1, -0.05) is 0 Å². The van der Waals surface area contributed by atoms with Crippen LogP contribution >= 0.6 is 0 Å². The lowest BCUT2D eigenvalue weighted by atomic mass is 10.1. The second-order valence-electron chi connectivity index (χ2n) is 3.64. The van der Waals surface area contributed by atoms with Gasteiger partial charge in [0.1, 0.15) is 12.4 Å². The molecule has 110 valence electrons. The first kappa shape index (κ1) is 15.5. The van der Waals surface area contributed by atoms with Gasteiger partial charge in [0.15, 0.2) is 0 Å². The van der Waals surface area contributed by atoms with E-state index in [9.17, 15) is 35.1 Å². The van der Waals surface area contributed by atoms with Gasteiger partial charge >= 0.3 is 24.2 Å². The minimum absolute atomic E-state index is 0.158. The molecule has 19 heavy (non-hydrogen) atoms. The first-order valence-electron chi connectivity index (χ1n) is 4.62. The Morgan fingerprint density at radius 3 is 2.05 bits per heavy atom. The van der Waals surface area contributed by atoms with Crippen molar-refractivity contribution in [3.8, 4) is 0 Å². The first-order chi connectivity index (χ1) is 8.42. The minimum Gasteiger partial charge on any atom is -0.382 e. The van der Waals surface area contributed by atoms with Gasteiger partial charge in [0.05, 0.1) is 0 Å². The van der Waals surface area contributed by atoms with Crippen LogP contribution in [-0.4, -0.2) is 34.0 Å². The van der Waals surface area contributed by atoms with E-state index >= 15 is 0 Å². The summed E-state index contributed by atoms with van der Waals surface area (Å²) in [7, 11) is 0. The van der Waals surface area contributed by atoms with Gasteiger partial charge in [0.2, 0.25) is 0 Å². The van der Waals surface area contributed by atoms with E-state index in [1.54, 1.807) is 0 Å². The summed E-state index contributed by atoms with van der Waals surface area (Å²) in [6.45, 7) is -2.01. The number of anilines is 1. The lowest BCUT2D eigenvalue weighted by Crippen LogP contribution is -2.58. The van der Waals surface area contributed by atoms with Gasteiger partial charge in [-0.25, -0.2) is 8.78 Å². The fourth-order valence-corrected chi connectivity index (χ4v) is 1.15. The summed E-state index contributed by atoms with van der Waals surface area (Å²) >= 11 is 0. The molecule has 0 aliphatic heterocycles. The van der Waals surface area contributed by atoms with Crippen LogP contribution in [0, 0.1) is 0 Å². The number of alkyl halides is 8. The number of nitrogens with zero attached hydrogens (tertiary/aromatic N) is 2. The summed E-state index contributed by atoms with van der Waals surface area (Å²) in [6, 6.07) is 0.944. The molecule has 1 aromatic rings. The average Bonchev–Trinajstić information content (AvgIpc) is 2.62. The third-order valence-electron chi connectivity index (χ3n) is 2.17. The van der Waals surface area contributed by atoms with Gasteiger partial charge in [-0.2, -0.15) is 31.4 Å². The monoisotopic (exact) mass is 297 g/mol.